The highest BCUT2D eigenvalue weighted by atomic mass is 32.1. The van der Waals surface area contributed by atoms with E-state index >= 15 is 0 Å². The Balaban J connectivity index is 0.835. The molecule has 8 aromatic carbocycles. The van der Waals surface area contributed by atoms with Gasteiger partial charge in [-0.15, -0.1) is 11.3 Å². The van der Waals surface area contributed by atoms with E-state index in [1.54, 1.807) is 11.1 Å². The molecule has 0 N–H and O–H groups in total. The molecule has 314 valence electrons. The lowest BCUT2D eigenvalue weighted by Gasteiger charge is -2.61. The van der Waals surface area contributed by atoms with E-state index in [0.29, 0.717) is 0 Å². The van der Waals surface area contributed by atoms with Gasteiger partial charge in [0.2, 0.25) is 0 Å². The van der Waals surface area contributed by atoms with E-state index in [0.717, 1.165) is 23.7 Å². The smallest absolute Gasteiger partial charge is 0.0468 e. The van der Waals surface area contributed by atoms with Gasteiger partial charge in [0.1, 0.15) is 0 Å². The van der Waals surface area contributed by atoms with Crippen LogP contribution in [0.3, 0.4) is 0 Å². The van der Waals surface area contributed by atoms with Gasteiger partial charge in [-0.1, -0.05) is 134 Å². The van der Waals surface area contributed by atoms with Gasteiger partial charge in [-0.3, -0.25) is 0 Å². The maximum Gasteiger partial charge on any atom is 0.0468 e. The van der Waals surface area contributed by atoms with Gasteiger partial charge in [-0.25, -0.2) is 0 Å². The molecule has 7 aliphatic rings. The van der Waals surface area contributed by atoms with Crippen LogP contribution in [-0.2, 0) is 10.8 Å². The lowest BCUT2D eigenvalue weighted by molar-refractivity contribution is -0.0399. The van der Waals surface area contributed by atoms with Crippen molar-refractivity contribution in [1.29, 1.82) is 0 Å². The van der Waals surface area contributed by atoms with Gasteiger partial charge >= 0.3 is 0 Å². The van der Waals surface area contributed by atoms with Crippen LogP contribution in [0.5, 0.6) is 0 Å². The number of anilines is 3. The van der Waals surface area contributed by atoms with Crippen LogP contribution in [0.15, 0.2) is 176 Å². The number of thiophene rings is 1. The van der Waals surface area contributed by atoms with Crippen molar-refractivity contribution < 1.29 is 0 Å². The number of benzene rings is 8. The molecule has 5 fully saturated rings. The van der Waals surface area contributed by atoms with Crippen LogP contribution in [-0.4, -0.2) is 0 Å². The fourth-order valence-corrected chi connectivity index (χ4v) is 16.5. The van der Waals surface area contributed by atoms with Crippen molar-refractivity contribution in [3.8, 4) is 44.5 Å². The Labute approximate surface area is 386 Å². The third-order valence-electron chi connectivity index (χ3n) is 17.8. The summed E-state index contributed by atoms with van der Waals surface area (Å²) in [4.78, 5) is 2.51. The van der Waals surface area contributed by atoms with E-state index in [9.17, 15) is 0 Å². The van der Waals surface area contributed by atoms with Crippen molar-refractivity contribution in [2.75, 3.05) is 4.90 Å². The minimum atomic E-state index is 0.106. The first-order valence-electron chi connectivity index (χ1n) is 24.5. The molecule has 4 bridgehead atoms. The third-order valence-corrected chi connectivity index (χ3v) is 18.9. The van der Waals surface area contributed by atoms with Crippen molar-refractivity contribution in [2.45, 2.75) is 68.6 Å². The molecular weight excluding hydrogens is 803 g/mol. The summed E-state index contributed by atoms with van der Waals surface area (Å²) in [7, 11) is 0. The summed E-state index contributed by atoms with van der Waals surface area (Å²) >= 11 is 1.93. The van der Waals surface area contributed by atoms with E-state index in [1.165, 1.54) is 151 Å². The van der Waals surface area contributed by atoms with Gasteiger partial charge < -0.3 is 4.90 Å². The average Bonchev–Trinajstić information content (AvgIpc) is 4.13. The SMILES string of the molecule is c1ccc(-c2ccc(N(c3ccc4c(c3)C3(CCCC3)c3ccccc3-4)c3ccc4sc5cc(-c6ccc7c(c6)-c6ccccc6C76C7CC8CC(C7)CC6C8)ccc5c4c3)cc2)cc1. The molecular formula is C63H51NS. The lowest BCUT2D eigenvalue weighted by Crippen LogP contribution is -2.55. The van der Waals surface area contributed by atoms with Gasteiger partial charge in [-0.2, -0.15) is 0 Å². The molecule has 0 radical (unpaired) electrons. The Hall–Kier alpha value is -6.22. The van der Waals surface area contributed by atoms with E-state index in [2.05, 4.69) is 181 Å². The number of hydrogen-bond donors (Lipinski definition) is 0. The first kappa shape index (κ1) is 37.0. The molecule has 2 heteroatoms. The van der Waals surface area contributed by atoms with Gasteiger partial charge in [0, 0.05) is 48.1 Å². The van der Waals surface area contributed by atoms with Crippen molar-refractivity contribution in [3.63, 3.8) is 0 Å². The Kier molecular flexibility index (Phi) is 7.79. The molecule has 0 saturated heterocycles. The molecule has 0 atom stereocenters. The van der Waals surface area contributed by atoms with Gasteiger partial charge in [0.05, 0.1) is 0 Å². The predicted octanol–water partition coefficient (Wildman–Crippen LogP) is 17.4. The normalized spacial score (nSPS) is 23.6. The molecule has 9 aromatic rings. The first-order valence-corrected chi connectivity index (χ1v) is 25.4. The molecule has 7 aliphatic carbocycles. The van der Waals surface area contributed by atoms with Crippen LogP contribution in [0.25, 0.3) is 64.7 Å². The number of rotatable bonds is 5. The summed E-state index contributed by atoms with van der Waals surface area (Å²) in [6.07, 6.45) is 12.2. The number of nitrogens with zero attached hydrogens (tertiary/aromatic N) is 1. The monoisotopic (exact) mass is 853 g/mol. The molecule has 5 saturated carbocycles. The van der Waals surface area contributed by atoms with Crippen LogP contribution in [0.1, 0.15) is 80.0 Å². The van der Waals surface area contributed by atoms with Gasteiger partial charge in [0.15, 0.2) is 0 Å². The van der Waals surface area contributed by atoms with E-state index in [-0.39, 0.29) is 10.8 Å². The second-order valence-electron chi connectivity index (χ2n) is 20.8. The van der Waals surface area contributed by atoms with Crippen LogP contribution < -0.4 is 4.90 Å². The fraction of sp³-hybridized carbons (Fsp3) is 0.238. The summed E-state index contributed by atoms with van der Waals surface area (Å²) < 4.78 is 2.69. The van der Waals surface area contributed by atoms with Crippen molar-refractivity contribution in [1.82, 2.24) is 0 Å². The summed E-state index contributed by atoms with van der Waals surface area (Å²) in [5.74, 6) is 3.50. The fourth-order valence-electron chi connectivity index (χ4n) is 15.4. The zero-order valence-corrected chi connectivity index (χ0v) is 37.6. The van der Waals surface area contributed by atoms with Crippen molar-refractivity contribution >= 4 is 48.6 Å². The molecule has 16 rings (SSSR count). The van der Waals surface area contributed by atoms with E-state index in [1.807, 2.05) is 11.3 Å². The van der Waals surface area contributed by atoms with Gasteiger partial charge in [0.25, 0.3) is 0 Å². The topological polar surface area (TPSA) is 3.24 Å². The molecule has 1 aromatic heterocycles. The lowest BCUT2D eigenvalue weighted by atomic mass is 9.43. The summed E-state index contributed by atoms with van der Waals surface area (Å²) in [5.41, 5.74) is 21.2. The summed E-state index contributed by atoms with van der Waals surface area (Å²) in [5, 5.41) is 2.66. The highest BCUT2D eigenvalue weighted by Gasteiger charge is 2.61. The van der Waals surface area contributed by atoms with Gasteiger partial charge in [-0.05, 0) is 190 Å². The molecule has 0 amide bonds. The quantitative estimate of drug-likeness (QED) is 0.167. The summed E-state index contributed by atoms with van der Waals surface area (Å²) in [6.45, 7) is 0. The Morgan fingerprint density at radius 2 is 0.969 bits per heavy atom. The minimum absolute atomic E-state index is 0.106. The van der Waals surface area contributed by atoms with Crippen LogP contribution >= 0.6 is 11.3 Å². The molecule has 65 heavy (non-hydrogen) atoms. The first-order chi connectivity index (χ1) is 32.1. The Bertz CT molecular complexity index is 3370. The largest absolute Gasteiger partial charge is 0.310 e. The van der Waals surface area contributed by atoms with Crippen LogP contribution in [0.2, 0.25) is 0 Å². The Morgan fingerprint density at radius 3 is 1.75 bits per heavy atom. The highest BCUT2D eigenvalue weighted by molar-refractivity contribution is 7.25. The standard InChI is InChI=1S/C63H51NS/c1-2-10-41(11-3-1)42-16-20-47(21-17-42)64(49-22-25-52-50-12-4-6-14-56(50)62(59(52)38-49)28-8-9-29-62)48-23-27-60-55(37-48)53-24-18-44(36-61(53)65-60)43-19-26-58-54(35-43)51-13-5-7-15-57(51)63(58)45-31-39-30-40(33-45)34-46(63)32-39/h1-7,10-27,35-40,45-46H,8-9,28-34H2. The number of fused-ring (bicyclic) bond motifs is 11. The minimum Gasteiger partial charge on any atom is -0.310 e. The zero-order valence-electron chi connectivity index (χ0n) is 36.8. The van der Waals surface area contributed by atoms with E-state index in [4.69, 9.17) is 0 Å². The molecule has 2 spiro atoms. The van der Waals surface area contributed by atoms with Crippen molar-refractivity contribution in [3.05, 3.63) is 198 Å². The van der Waals surface area contributed by atoms with E-state index < -0.39 is 0 Å². The third kappa shape index (κ3) is 5.15. The van der Waals surface area contributed by atoms with Crippen molar-refractivity contribution in [2.24, 2.45) is 23.7 Å². The van der Waals surface area contributed by atoms with Crippen LogP contribution in [0.4, 0.5) is 17.1 Å². The maximum absolute atomic E-state index is 2.57. The molecule has 1 nitrogen and oxygen atoms in total. The molecule has 0 aliphatic heterocycles. The molecule has 1 heterocycles. The van der Waals surface area contributed by atoms with Crippen LogP contribution in [0, 0.1) is 23.7 Å². The zero-order chi connectivity index (χ0) is 42.4. The second kappa shape index (κ2) is 13.7. The summed E-state index contributed by atoms with van der Waals surface area (Å²) in [6, 6.07) is 68.1. The average molecular weight is 854 g/mol. The maximum atomic E-state index is 2.57. The highest BCUT2D eigenvalue weighted by Crippen LogP contribution is 2.69. The second-order valence-corrected chi connectivity index (χ2v) is 21.9. The predicted molar refractivity (Wildman–Crippen MR) is 273 cm³/mol. The molecule has 0 unspecified atom stereocenters. The Morgan fingerprint density at radius 1 is 0.385 bits per heavy atom. The number of hydrogen-bond acceptors (Lipinski definition) is 2.